The molecule has 1 aromatic carbocycles. The molecule has 0 amide bonds. The summed E-state index contributed by atoms with van der Waals surface area (Å²) < 4.78 is 64.6. The van der Waals surface area contributed by atoms with Gasteiger partial charge >= 0.3 is 5.97 Å². The Balaban J connectivity index is 1.62. The summed E-state index contributed by atoms with van der Waals surface area (Å²) in [6, 6.07) is 9.66. The number of hydrogen-bond donors (Lipinski definition) is 0. The molecule has 43 heavy (non-hydrogen) atoms. The number of hydrogen-bond acceptors (Lipinski definition) is 13. The molecule has 1 aromatic rings. The summed E-state index contributed by atoms with van der Waals surface area (Å²) in [6.45, 7) is 12.0. The number of para-hydroxylation sites is 1. The quantitative estimate of drug-likeness (QED) is 0.0821. The van der Waals surface area contributed by atoms with E-state index in [0.29, 0.717) is 139 Å². The zero-order chi connectivity index (χ0) is 30.7. The minimum atomic E-state index is -0.311. The van der Waals surface area contributed by atoms with Gasteiger partial charge in [0.2, 0.25) is 0 Å². The fourth-order valence-electron chi connectivity index (χ4n) is 3.06. The van der Waals surface area contributed by atoms with Crippen LogP contribution in [0.25, 0.3) is 0 Å². The van der Waals surface area contributed by atoms with Crippen LogP contribution in [0.3, 0.4) is 0 Å². The van der Waals surface area contributed by atoms with E-state index in [-0.39, 0.29) is 12.6 Å². The Morgan fingerprint density at radius 3 is 0.930 bits per heavy atom. The normalized spacial score (nSPS) is 11.2. The second-order valence-corrected chi connectivity index (χ2v) is 8.63. The Morgan fingerprint density at radius 1 is 0.395 bits per heavy atom. The van der Waals surface area contributed by atoms with Crippen LogP contribution in [-0.2, 0) is 56.9 Å². The lowest BCUT2D eigenvalue weighted by molar-refractivity contribution is -0.142. The maximum atomic E-state index is 10.6. The molecule has 0 saturated heterocycles. The van der Waals surface area contributed by atoms with E-state index < -0.39 is 0 Å². The lowest BCUT2D eigenvalue weighted by Crippen LogP contribution is -2.15. The molecular weight excluding hydrogens is 568 g/mol. The Morgan fingerprint density at radius 2 is 0.651 bits per heavy atom. The Kier molecular flexibility index (Phi) is 30.0. The highest BCUT2D eigenvalue weighted by molar-refractivity contribution is 5.65. The minimum Gasteiger partial charge on any atom is -0.491 e. The summed E-state index contributed by atoms with van der Waals surface area (Å²) in [7, 11) is 0. The largest absolute Gasteiger partial charge is 0.491 e. The van der Waals surface area contributed by atoms with E-state index >= 15 is 0 Å². The van der Waals surface area contributed by atoms with Gasteiger partial charge in [0.1, 0.15) is 19.0 Å². The second kappa shape index (κ2) is 33.0. The van der Waals surface area contributed by atoms with Crippen LogP contribution < -0.4 is 4.74 Å². The molecule has 1 rings (SSSR count). The van der Waals surface area contributed by atoms with Crippen molar-refractivity contribution in [1.82, 2.24) is 0 Å². The maximum absolute atomic E-state index is 10.6. The Labute approximate surface area is 256 Å². The summed E-state index contributed by atoms with van der Waals surface area (Å²) in [5.74, 6) is 0.530. The van der Waals surface area contributed by atoms with Gasteiger partial charge in [-0.2, -0.15) is 0 Å². The average Bonchev–Trinajstić information content (AvgIpc) is 3.01. The van der Waals surface area contributed by atoms with Crippen molar-refractivity contribution < 1.29 is 61.6 Å². The summed E-state index contributed by atoms with van der Waals surface area (Å²) in [5, 5.41) is 0. The molecule has 0 saturated carbocycles. The van der Waals surface area contributed by atoms with Crippen LogP contribution in [0.1, 0.15) is 6.92 Å². The molecule has 250 valence electrons. The topological polar surface area (TPSA) is 128 Å². The van der Waals surface area contributed by atoms with Gasteiger partial charge in [0.15, 0.2) is 0 Å². The molecule has 0 atom stereocenters. The molecule has 0 spiro atoms. The van der Waals surface area contributed by atoms with Gasteiger partial charge in [-0.25, -0.2) is 0 Å². The van der Waals surface area contributed by atoms with Crippen molar-refractivity contribution in [2.45, 2.75) is 6.92 Å². The molecule has 0 aromatic heterocycles. The first-order valence-corrected chi connectivity index (χ1v) is 14.9. The van der Waals surface area contributed by atoms with Crippen LogP contribution in [-0.4, -0.2) is 151 Å². The van der Waals surface area contributed by atoms with Gasteiger partial charge in [0, 0.05) is 6.92 Å². The molecule has 13 heteroatoms. The van der Waals surface area contributed by atoms with Crippen molar-refractivity contribution in [1.29, 1.82) is 0 Å². The molecule has 0 N–H and O–H groups in total. The van der Waals surface area contributed by atoms with Crippen molar-refractivity contribution >= 4 is 5.97 Å². The van der Waals surface area contributed by atoms with Crippen LogP contribution in [0.4, 0.5) is 0 Å². The number of carbonyl (C=O) groups is 1. The first-order chi connectivity index (χ1) is 21.3. The van der Waals surface area contributed by atoms with E-state index in [1.165, 1.54) is 6.92 Å². The molecule has 0 heterocycles. The van der Waals surface area contributed by atoms with E-state index in [4.69, 9.17) is 56.8 Å². The van der Waals surface area contributed by atoms with Gasteiger partial charge in [0.05, 0.1) is 132 Å². The van der Waals surface area contributed by atoms with Crippen molar-refractivity contribution in [3.05, 3.63) is 30.3 Å². The third kappa shape index (κ3) is 31.3. The van der Waals surface area contributed by atoms with Crippen molar-refractivity contribution in [3.8, 4) is 5.75 Å². The Hall–Kier alpha value is -1.91. The molecular formula is C30H52O13. The fourth-order valence-corrected chi connectivity index (χ4v) is 3.06. The van der Waals surface area contributed by atoms with Crippen LogP contribution in [0.5, 0.6) is 5.75 Å². The Bertz CT molecular complexity index is 696. The highest BCUT2D eigenvalue weighted by Gasteiger charge is 1.97. The SMILES string of the molecule is CC(=O)OCCOCCOCCOCCOCCOCCOCCOCCOCCOCCOCCOc1ccccc1. The van der Waals surface area contributed by atoms with Gasteiger partial charge in [-0.05, 0) is 12.1 Å². The highest BCUT2D eigenvalue weighted by atomic mass is 16.6. The van der Waals surface area contributed by atoms with E-state index in [9.17, 15) is 4.79 Å². The van der Waals surface area contributed by atoms with Gasteiger partial charge in [-0.1, -0.05) is 18.2 Å². The summed E-state index contributed by atoms with van der Waals surface area (Å²) in [6.07, 6.45) is 0. The molecule has 0 unspecified atom stereocenters. The lowest BCUT2D eigenvalue weighted by atomic mass is 10.3. The van der Waals surface area contributed by atoms with E-state index in [1.54, 1.807) is 0 Å². The zero-order valence-electron chi connectivity index (χ0n) is 25.8. The monoisotopic (exact) mass is 620 g/mol. The lowest BCUT2D eigenvalue weighted by Gasteiger charge is -2.09. The van der Waals surface area contributed by atoms with Crippen LogP contribution >= 0.6 is 0 Å². The summed E-state index contributed by atoms with van der Waals surface area (Å²) in [4.78, 5) is 10.6. The molecule has 0 bridgehead atoms. The standard InChI is InChI=1S/C30H52O13/c1-29(31)42-27-25-40-23-21-38-19-17-36-15-13-34-11-9-32-7-8-33-10-12-35-14-16-37-18-20-39-22-24-41-26-28-43-30-5-3-2-4-6-30/h2-6H,7-28H2,1H3. The third-order valence-corrected chi connectivity index (χ3v) is 5.12. The highest BCUT2D eigenvalue weighted by Crippen LogP contribution is 2.07. The van der Waals surface area contributed by atoms with Gasteiger partial charge < -0.3 is 56.8 Å². The van der Waals surface area contributed by atoms with Crippen LogP contribution in [0, 0.1) is 0 Å². The number of esters is 1. The number of carbonyl (C=O) groups excluding carboxylic acids is 1. The van der Waals surface area contributed by atoms with E-state index in [0.717, 1.165) is 5.75 Å². The van der Waals surface area contributed by atoms with E-state index in [1.807, 2.05) is 30.3 Å². The summed E-state index contributed by atoms with van der Waals surface area (Å²) >= 11 is 0. The first-order valence-electron chi connectivity index (χ1n) is 14.9. The molecule has 0 radical (unpaired) electrons. The van der Waals surface area contributed by atoms with Gasteiger partial charge in [-0.3, -0.25) is 4.79 Å². The minimum absolute atomic E-state index is 0.258. The smallest absolute Gasteiger partial charge is 0.302 e. The maximum Gasteiger partial charge on any atom is 0.302 e. The molecule has 0 fully saturated rings. The van der Waals surface area contributed by atoms with Gasteiger partial charge in [-0.15, -0.1) is 0 Å². The summed E-state index contributed by atoms with van der Waals surface area (Å²) in [5.41, 5.74) is 0. The third-order valence-electron chi connectivity index (χ3n) is 5.12. The number of ether oxygens (including phenoxy) is 12. The number of rotatable bonds is 34. The predicted molar refractivity (Wildman–Crippen MR) is 157 cm³/mol. The molecule has 13 nitrogen and oxygen atoms in total. The molecule has 0 aliphatic carbocycles. The molecule has 0 aliphatic heterocycles. The van der Waals surface area contributed by atoms with Crippen LogP contribution in [0.2, 0.25) is 0 Å². The van der Waals surface area contributed by atoms with Crippen molar-refractivity contribution in [2.75, 3.05) is 145 Å². The fraction of sp³-hybridized carbons (Fsp3) is 0.767. The number of benzene rings is 1. The average molecular weight is 621 g/mol. The predicted octanol–water partition coefficient (Wildman–Crippen LogP) is 1.79. The van der Waals surface area contributed by atoms with Crippen LogP contribution in [0.15, 0.2) is 30.3 Å². The second-order valence-electron chi connectivity index (χ2n) is 8.63. The molecule has 0 aliphatic rings. The van der Waals surface area contributed by atoms with E-state index in [2.05, 4.69) is 0 Å². The van der Waals surface area contributed by atoms with Gasteiger partial charge in [0.25, 0.3) is 0 Å². The van der Waals surface area contributed by atoms with Crippen molar-refractivity contribution in [2.24, 2.45) is 0 Å². The first kappa shape index (κ1) is 39.1. The zero-order valence-corrected chi connectivity index (χ0v) is 25.8. The van der Waals surface area contributed by atoms with Crippen molar-refractivity contribution in [3.63, 3.8) is 0 Å².